The average Bonchev–Trinajstić information content (AvgIpc) is 2.62. The number of hydrogen-bond acceptors (Lipinski definition) is 8. The van der Waals surface area contributed by atoms with Gasteiger partial charge in [-0.1, -0.05) is 0 Å². The molecule has 1 aromatic heterocycles. The predicted molar refractivity (Wildman–Crippen MR) is 96.9 cm³/mol. The van der Waals surface area contributed by atoms with Gasteiger partial charge in [0.15, 0.2) is 6.29 Å². The number of aromatic nitrogens is 1. The molecule has 148 valence electrons. The molecule has 1 aliphatic rings. The van der Waals surface area contributed by atoms with Gasteiger partial charge >= 0.3 is 6.09 Å². The third-order valence-electron chi connectivity index (χ3n) is 3.75. The van der Waals surface area contributed by atoms with E-state index in [0.717, 1.165) is 5.69 Å². The summed E-state index contributed by atoms with van der Waals surface area (Å²) in [4.78, 5) is 15.9. The molecule has 1 amide bonds. The van der Waals surface area contributed by atoms with Gasteiger partial charge in [-0.3, -0.25) is 0 Å². The van der Waals surface area contributed by atoms with Crippen LogP contribution in [0.4, 0.5) is 10.5 Å². The number of rotatable bonds is 6. The Morgan fingerprint density at radius 1 is 1.44 bits per heavy atom. The number of aliphatic hydroxyl groups excluding tert-OH is 1. The summed E-state index contributed by atoms with van der Waals surface area (Å²) < 4.78 is 16.5. The zero-order valence-corrected chi connectivity index (χ0v) is 15.8. The van der Waals surface area contributed by atoms with Crippen molar-refractivity contribution in [3.63, 3.8) is 0 Å². The molecule has 0 spiro atoms. The van der Waals surface area contributed by atoms with Gasteiger partial charge in [-0.2, -0.15) is 5.26 Å². The second-order valence-electron chi connectivity index (χ2n) is 7.38. The lowest BCUT2D eigenvalue weighted by atomic mass is 10.0. The highest BCUT2D eigenvalue weighted by molar-refractivity contribution is 5.69. The van der Waals surface area contributed by atoms with Gasteiger partial charge in [0.2, 0.25) is 0 Å². The Kier molecular flexibility index (Phi) is 6.96. The summed E-state index contributed by atoms with van der Waals surface area (Å²) in [6.45, 7) is 5.77. The Bertz CT molecular complexity index is 658. The molecule has 0 saturated carbocycles. The molecule has 0 atom stereocenters. The maximum absolute atomic E-state index is 12.0. The summed E-state index contributed by atoms with van der Waals surface area (Å²) >= 11 is 0. The van der Waals surface area contributed by atoms with Crippen LogP contribution in [0.25, 0.3) is 0 Å². The molecular formula is C18H26N4O5. The van der Waals surface area contributed by atoms with E-state index in [1.165, 1.54) is 0 Å². The molecule has 0 unspecified atom stereocenters. The topological polar surface area (TPSA) is 126 Å². The first kappa shape index (κ1) is 20.9. The molecule has 3 N–H and O–H groups in total. The summed E-state index contributed by atoms with van der Waals surface area (Å²) in [5.41, 5.74) is -0.506. The van der Waals surface area contributed by atoms with Gasteiger partial charge in [-0.15, -0.1) is 0 Å². The third kappa shape index (κ3) is 6.67. The van der Waals surface area contributed by atoms with E-state index in [1.807, 2.05) is 6.07 Å². The maximum Gasteiger partial charge on any atom is 0.408 e. The number of nitriles is 1. The van der Waals surface area contributed by atoms with Crippen LogP contribution < -0.4 is 10.6 Å². The van der Waals surface area contributed by atoms with Crippen LogP contribution in [0.2, 0.25) is 0 Å². The number of alkyl carbamates (subject to hydrolysis) is 1. The molecule has 1 saturated heterocycles. The quantitative estimate of drug-likeness (QED) is 0.678. The molecule has 0 aromatic carbocycles. The standard InChI is InChI=1S/C18H26N4O5/c1-17(2,3)27-16(24)22-18(10-23)11-25-15(26-12-18)6-7-20-14-5-4-13(8-19)21-9-14/h4-5,9,15,20,23H,6-7,10-12H2,1-3H3,(H,22,24). The molecule has 27 heavy (non-hydrogen) atoms. The summed E-state index contributed by atoms with van der Waals surface area (Å²) in [6, 6.07) is 5.37. The minimum absolute atomic E-state index is 0.117. The Balaban J connectivity index is 1.75. The lowest BCUT2D eigenvalue weighted by Gasteiger charge is -2.39. The number of carbonyl (C=O) groups excluding carboxylic acids is 1. The number of anilines is 1. The Morgan fingerprint density at radius 3 is 2.67 bits per heavy atom. The number of pyridine rings is 1. The minimum Gasteiger partial charge on any atom is -0.444 e. The first-order valence-electron chi connectivity index (χ1n) is 8.70. The Labute approximate surface area is 158 Å². The van der Waals surface area contributed by atoms with Gasteiger partial charge in [0.05, 0.1) is 31.7 Å². The summed E-state index contributed by atoms with van der Waals surface area (Å²) in [5, 5.41) is 24.2. The third-order valence-corrected chi connectivity index (χ3v) is 3.75. The molecule has 0 aliphatic carbocycles. The van der Waals surface area contributed by atoms with Crippen LogP contribution in [0.3, 0.4) is 0 Å². The van der Waals surface area contributed by atoms with Gasteiger partial charge < -0.3 is 30.0 Å². The van der Waals surface area contributed by atoms with E-state index < -0.39 is 23.5 Å². The molecule has 1 aromatic rings. The highest BCUT2D eigenvalue weighted by atomic mass is 16.7. The Morgan fingerprint density at radius 2 is 2.15 bits per heavy atom. The van der Waals surface area contributed by atoms with Crippen molar-refractivity contribution in [1.29, 1.82) is 5.26 Å². The normalized spacial score (nSPS) is 22.6. The van der Waals surface area contributed by atoms with Crippen LogP contribution in [-0.4, -0.2) is 60.0 Å². The molecule has 0 radical (unpaired) electrons. The highest BCUT2D eigenvalue weighted by Gasteiger charge is 2.39. The van der Waals surface area contributed by atoms with Gasteiger partial charge in [-0.25, -0.2) is 9.78 Å². The maximum atomic E-state index is 12.0. The number of carbonyl (C=O) groups is 1. The average molecular weight is 378 g/mol. The highest BCUT2D eigenvalue weighted by Crippen LogP contribution is 2.19. The number of ether oxygens (including phenoxy) is 3. The smallest absolute Gasteiger partial charge is 0.408 e. The van der Waals surface area contributed by atoms with E-state index in [-0.39, 0.29) is 19.8 Å². The second kappa shape index (κ2) is 8.99. The van der Waals surface area contributed by atoms with Gasteiger partial charge in [0.1, 0.15) is 22.9 Å². The van der Waals surface area contributed by atoms with Crippen LogP contribution >= 0.6 is 0 Å². The van der Waals surface area contributed by atoms with Gasteiger partial charge in [-0.05, 0) is 32.9 Å². The fourth-order valence-electron chi connectivity index (χ4n) is 2.38. The molecule has 2 heterocycles. The SMILES string of the molecule is CC(C)(C)OC(=O)NC1(CO)COC(CCNc2ccc(C#N)nc2)OC1. The lowest BCUT2D eigenvalue weighted by molar-refractivity contribution is -0.218. The fraction of sp³-hybridized carbons (Fsp3) is 0.611. The lowest BCUT2D eigenvalue weighted by Crippen LogP contribution is -2.62. The van der Waals surface area contributed by atoms with Crippen molar-refractivity contribution < 1.29 is 24.1 Å². The van der Waals surface area contributed by atoms with Crippen molar-refractivity contribution in [2.24, 2.45) is 0 Å². The molecule has 9 heteroatoms. The largest absolute Gasteiger partial charge is 0.444 e. The molecule has 0 bridgehead atoms. The van der Waals surface area contributed by atoms with E-state index >= 15 is 0 Å². The fourth-order valence-corrected chi connectivity index (χ4v) is 2.38. The molecule has 2 rings (SSSR count). The number of aliphatic hydroxyl groups is 1. The number of amides is 1. The summed E-state index contributed by atoms with van der Waals surface area (Å²) in [7, 11) is 0. The number of hydrogen-bond donors (Lipinski definition) is 3. The summed E-state index contributed by atoms with van der Waals surface area (Å²) in [5.74, 6) is 0. The van der Waals surface area contributed by atoms with E-state index in [2.05, 4.69) is 15.6 Å². The van der Waals surface area contributed by atoms with Crippen molar-refractivity contribution in [2.75, 3.05) is 31.7 Å². The molecule has 1 fully saturated rings. The predicted octanol–water partition coefficient (Wildman–Crippen LogP) is 1.38. The van der Waals surface area contributed by atoms with Crippen LogP contribution in [0.1, 0.15) is 32.9 Å². The Hall–Kier alpha value is -2.41. The molecule has 9 nitrogen and oxygen atoms in total. The van der Waals surface area contributed by atoms with Crippen LogP contribution in [0, 0.1) is 11.3 Å². The van der Waals surface area contributed by atoms with Crippen LogP contribution in [-0.2, 0) is 14.2 Å². The van der Waals surface area contributed by atoms with Crippen molar-refractivity contribution in [3.8, 4) is 6.07 Å². The van der Waals surface area contributed by atoms with E-state index in [9.17, 15) is 9.90 Å². The molecule has 1 aliphatic heterocycles. The van der Waals surface area contributed by atoms with E-state index in [4.69, 9.17) is 19.5 Å². The van der Waals surface area contributed by atoms with Crippen LogP contribution in [0.15, 0.2) is 18.3 Å². The number of nitrogens with one attached hydrogen (secondary N) is 2. The first-order chi connectivity index (χ1) is 12.8. The van der Waals surface area contributed by atoms with Gasteiger partial charge in [0.25, 0.3) is 0 Å². The van der Waals surface area contributed by atoms with Crippen molar-refractivity contribution in [1.82, 2.24) is 10.3 Å². The van der Waals surface area contributed by atoms with Crippen molar-refractivity contribution in [3.05, 3.63) is 24.0 Å². The monoisotopic (exact) mass is 378 g/mol. The zero-order valence-electron chi connectivity index (χ0n) is 15.8. The van der Waals surface area contributed by atoms with E-state index in [1.54, 1.807) is 39.1 Å². The van der Waals surface area contributed by atoms with Gasteiger partial charge in [0, 0.05) is 13.0 Å². The van der Waals surface area contributed by atoms with E-state index in [0.29, 0.717) is 18.7 Å². The number of nitrogens with zero attached hydrogens (tertiary/aromatic N) is 2. The second-order valence-corrected chi connectivity index (χ2v) is 7.38. The van der Waals surface area contributed by atoms with Crippen molar-refractivity contribution in [2.45, 2.75) is 44.6 Å². The minimum atomic E-state index is -1.02. The van der Waals surface area contributed by atoms with Crippen molar-refractivity contribution >= 4 is 11.8 Å². The van der Waals surface area contributed by atoms with Crippen LogP contribution in [0.5, 0.6) is 0 Å². The zero-order chi connectivity index (χ0) is 19.9. The molecular weight excluding hydrogens is 352 g/mol. The summed E-state index contributed by atoms with van der Waals surface area (Å²) in [6.07, 6.45) is 1.07. The first-order valence-corrected chi connectivity index (χ1v) is 8.70.